The van der Waals surface area contributed by atoms with Crippen molar-refractivity contribution in [2.24, 2.45) is 0 Å². The first-order valence-corrected chi connectivity index (χ1v) is 3.92. The molecule has 2 N–H and O–H groups in total. The van der Waals surface area contributed by atoms with Crippen LogP contribution in [0.3, 0.4) is 0 Å². The Hall–Kier alpha value is -1.37. The van der Waals surface area contributed by atoms with Crippen molar-refractivity contribution in [2.45, 2.75) is 0 Å². The third kappa shape index (κ3) is 1.86. The second-order valence-corrected chi connectivity index (χ2v) is 2.80. The molecule has 7 heteroatoms. The lowest BCUT2D eigenvalue weighted by Crippen LogP contribution is -2.09. The van der Waals surface area contributed by atoms with Crippen molar-refractivity contribution in [1.29, 1.82) is 0 Å². The maximum Gasteiger partial charge on any atom is 0.357 e. The van der Waals surface area contributed by atoms with E-state index >= 15 is 0 Å². The van der Waals surface area contributed by atoms with Gasteiger partial charge in [0.1, 0.15) is 0 Å². The van der Waals surface area contributed by atoms with Gasteiger partial charge in [-0.2, -0.15) is 0 Å². The second-order valence-electron chi connectivity index (χ2n) is 2.05. The average molecular weight is 249 g/mol. The lowest BCUT2D eigenvalue weighted by Gasteiger charge is -1.94. The molecule has 1 aromatic rings. The number of carboxylic acid groups (broad SMARTS) is 1. The highest BCUT2D eigenvalue weighted by atomic mass is 79.9. The highest BCUT2D eigenvalue weighted by Crippen LogP contribution is 2.11. The molecule has 0 saturated carbocycles. The first kappa shape index (κ1) is 9.72. The molecule has 13 heavy (non-hydrogen) atoms. The maximum atomic E-state index is 11.0. The molecule has 1 aromatic heterocycles. The molecule has 0 atom stereocenters. The van der Waals surface area contributed by atoms with Crippen LogP contribution in [-0.4, -0.2) is 34.1 Å². The van der Waals surface area contributed by atoms with Crippen LogP contribution in [0, 0.1) is 0 Å². The highest BCUT2D eigenvalue weighted by Gasteiger charge is 2.21. The molecule has 0 bridgehead atoms. The van der Waals surface area contributed by atoms with E-state index in [9.17, 15) is 9.59 Å². The van der Waals surface area contributed by atoms with Crippen molar-refractivity contribution in [2.75, 3.05) is 7.11 Å². The predicted octanol–water partition coefficient (Wildman–Crippen LogP) is 0.657. The molecular formula is C6H5BrN2O4. The Morgan fingerprint density at radius 2 is 2.23 bits per heavy atom. The Bertz CT molecular complexity index is 360. The summed E-state index contributed by atoms with van der Waals surface area (Å²) in [6.45, 7) is 0. The number of carboxylic acids is 1. The van der Waals surface area contributed by atoms with Crippen molar-refractivity contribution in [1.82, 2.24) is 9.97 Å². The van der Waals surface area contributed by atoms with Crippen LogP contribution in [0.15, 0.2) is 4.73 Å². The van der Waals surface area contributed by atoms with Gasteiger partial charge < -0.3 is 14.8 Å². The SMILES string of the molecule is COC(=O)c1[nH]c(Br)nc1C(=O)O. The van der Waals surface area contributed by atoms with E-state index in [2.05, 4.69) is 30.6 Å². The number of esters is 1. The minimum atomic E-state index is -1.29. The third-order valence-corrected chi connectivity index (χ3v) is 1.64. The van der Waals surface area contributed by atoms with E-state index in [1.54, 1.807) is 0 Å². The standard InChI is InChI=1S/C6H5BrN2O4/c1-13-5(12)3-2(4(10)11)8-6(7)9-3/h1H3,(H,8,9)(H,10,11). The minimum Gasteiger partial charge on any atom is -0.476 e. The van der Waals surface area contributed by atoms with Gasteiger partial charge in [0.25, 0.3) is 0 Å². The van der Waals surface area contributed by atoms with E-state index in [-0.39, 0.29) is 16.1 Å². The molecule has 0 radical (unpaired) electrons. The molecule has 0 amide bonds. The van der Waals surface area contributed by atoms with Crippen LogP contribution in [0.25, 0.3) is 0 Å². The third-order valence-electron chi connectivity index (χ3n) is 1.27. The lowest BCUT2D eigenvalue weighted by molar-refractivity contribution is 0.0576. The highest BCUT2D eigenvalue weighted by molar-refractivity contribution is 9.10. The number of imidazole rings is 1. The van der Waals surface area contributed by atoms with E-state index in [1.807, 2.05) is 0 Å². The van der Waals surface area contributed by atoms with Crippen molar-refractivity contribution in [3.8, 4) is 0 Å². The fourth-order valence-corrected chi connectivity index (χ4v) is 1.12. The summed E-state index contributed by atoms with van der Waals surface area (Å²) >= 11 is 2.91. The molecule has 0 aliphatic rings. The van der Waals surface area contributed by atoms with Crippen molar-refractivity contribution in [3.05, 3.63) is 16.1 Å². The van der Waals surface area contributed by atoms with Crippen LogP contribution in [0.1, 0.15) is 21.0 Å². The van der Waals surface area contributed by atoms with Crippen LogP contribution in [0.5, 0.6) is 0 Å². The number of methoxy groups -OCH3 is 1. The number of carbonyl (C=O) groups is 2. The number of H-pyrrole nitrogens is 1. The number of rotatable bonds is 2. The first-order chi connectivity index (χ1) is 6.06. The molecule has 0 aliphatic carbocycles. The van der Waals surface area contributed by atoms with Crippen LogP contribution < -0.4 is 0 Å². The van der Waals surface area contributed by atoms with Crippen molar-refractivity contribution in [3.63, 3.8) is 0 Å². The fourth-order valence-electron chi connectivity index (χ4n) is 0.749. The molecule has 0 aliphatic heterocycles. The summed E-state index contributed by atoms with van der Waals surface area (Å²) in [7, 11) is 1.16. The van der Waals surface area contributed by atoms with Gasteiger partial charge in [-0.05, 0) is 15.9 Å². The zero-order chi connectivity index (χ0) is 10.0. The van der Waals surface area contributed by atoms with E-state index in [4.69, 9.17) is 5.11 Å². The van der Waals surface area contributed by atoms with Gasteiger partial charge in [0.15, 0.2) is 16.1 Å². The van der Waals surface area contributed by atoms with Gasteiger partial charge in [-0.1, -0.05) is 0 Å². The number of hydrogen-bond acceptors (Lipinski definition) is 4. The quantitative estimate of drug-likeness (QED) is 0.751. The van der Waals surface area contributed by atoms with E-state index in [1.165, 1.54) is 0 Å². The number of ether oxygens (including phenoxy) is 1. The summed E-state index contributed by atoms with van der Waals surface area (Å²) in [5.41, 5.74) is -0.541. The van der Waals surface area contributed by atoms with E-state index in [0.717, 1.165) is 7.11 Å². The molecule has 70 valence electrons. The van der Waals surface area contributed by atoms with Crippen LogP contribution >= 0.6 is 15.9 Å². The van der Waals surface area contributed by atoms with Gasteiger partial charge >= 0.3 is 11.9 Å². The number of aromatic amines is 1. The molecule has 1 heterocycles. The number of carbonyl (C=O) groups excluding carboxylic acids is 1. The molecule has 6 nitrogen and oxygen atoms in total. The second kappa shape index (κ2) is 3.56. The Morgan fingerprint density at radius 1 is 1.62 bits per heavy atom. The molecule has 0 unspecified atom stereocenters. The van der Waals surface area contributed by atoms with Crippen LogP contribution in [0.2, 0.25) is 0 Å². The molecule has 0 spiro atoms. The number of nitrogens with zero attached hydrogens (tertiary/aromatic N) is 1. The van der Waals surface area contributed by atoms with Crippen LogP contribution in [-0.2, 0) is 4.74 Å². The van der Waals surface area contributed by atoms with Crippen LogP contribution in [0.4, 0.5) is 0 Å². The number of aromatic nitrogens is 2. The normalized spacial score (nSPS) is 9.69. The zero-order valence-electron chi connectivity index (χ0n) is 6.50. The number of hydrogen-bond donors (Lipinski definition) is 2. The lowest BCUT2D eigenvalue weighted by atomic mass is 10.3. The monoisotopic (exact) mass is 248 g/mol. The summed E-state index contributed by atoms with van der Waals surface area (Å²) < 4.78 is 4.52. The molecule has 0 aromatic carbocycles. The van der Waals surface area contributed by atoms with Gasteiger partial charge in [0.05, 0.1) is 7.11 Å². The molecule has 0 saturated heterocycles. The average Bonchev–Trinajstić information content (AvgIpc) is 2.46. The Labute approximate surface area is 81.1 Å². The summed E-state index contributed by atoms with van der Waals surface area (Å²) in [6, 6.07) is 0. The summed E-state index contributed by atoms with van der Waals surface area (Å²) in [5, 5.41) is 8.61. The molecular weight excluding hydrogens is 244 g/mol. The fraction of sp³-hybridized carbons (Fsp3) is 0.167. The number of aromatic carboxylic acids is 1. The molecule has 0 fully saturated rings. The maximum absolute atomic E-state index is 11.0. The van der Waals surface area contributed by atoms with Gasteiger partial charge in [0, 0.05) is 0 Å². The van der Waals surface area contributed by atoms with Gasteiger partial charge in [-0.25, -0.2) is 14.6 Å². The van der Waals surface area contributed by atoms with Crippen molar-refractivity contribution >= 4 is 27.9 Å². The summed E-state index contributed by atoms with van der Waals surface area (Å²) in [5.74, 6) is -2.06. The summed E-state index contributed by atoms with van der Waals surface area (Å²) in [4.78, 5) is 27.5. The predicted molar refractivity (Wildman–Crippen MR) is 44.6 cm³/mol. The van der Waals surface area contributed by atoms with Crippen molar-refractivity contribution < 1.29 is 19.4 Å². The zero-order valence-corrected chi connectivity index (χ0v) is 8.08. The van der Waals surface area contributed by atoms with E-state index in [0.29, 0.717) is 0 Å². The van der Waals surface area contributed by atoms with Gasteiger partial charge in [-0.3, -0.25) is 0 Å². The summed E-state index contributed by atoms with van der Waals surface area (Å²) in [6.07, 6.45) is 0. The van der Waals surface area contributed by atoms with Gasteiger partial charge in [0.2, 0.25) is 0 Å². The first-order valence-electron chi connectivity index (χ1n) is 3.13. The van der Waals surface area contributed by atoms with Gasteiger partial charge in [-0.15, -0.1) is 0 Å². The Kier molecular flexibility index (Phi) is 2.66. The smallest absolute Gasteiger partial charge is 0.357 e. The molecule has 1 rings (SSSR count). The Morgan fingerprint density at radius 3 is 2.69 bits per heavy atom. The minimum absolute atomic E-state index is 0.172. The number of nitrogens with one attached hydrogen (secondary N) is 1. The Balaban J connectivity index is 3.19. The topological polar surface area (TPSA) is 92.3 Å². The largest absolute Gasteiger partial charge is 0.476 e. The van der Waals surface area contributed by atoms with E-state index < -0.39 is 11.9 Å². The number of halogens is 1.